The molecular formula is C12H16N2O2. The molecule has 0 bridgehead atoms. The largest absolute Gasteiger partial charge is 0.394 e. The summed E-state index contributed by atoms with van der Waals surface area (Å²) in [7, 11) is 0. The van der Waals surface area contributed by atoms with Gasteiger partial charge in [-0.2, -0.15) is 0 Å². The summed E-state index contributed by atoms with van der Waals surface area (Å²) in [6.07, 6.45) is 1.70. The molecule has 3 N–H and O–H groups in total. The fraction of sp³-hybridized carbons (Fsp3) is 0.417. The van der Waals surface area contributed by atoms with Crippen molar-refractivity contribution in [3.05, 3.63) is 29.8 Å². The van der Waals surface area contributed by atoms with Crippen LogP contribution in [0.4, 0.5) is 10.5 Å². The number of nitrogens with one attached hydrogen (secondary N) is 2. The number of rotatable bonds is 3. The van der Waals surface area contributed by atoms with Crippen LogP contribution in [0.1, 0.15) is 18.4 Å². The lowest BCUT2D eigenvalue weighted by atomic mass is 10.2. The average molecular weight is 220 g/mol. The van der Waals surface area contributed by atoms with Crippen molar-refractivity contribution < 1.29 is 9.90 Å². The maximum atomic E-state index is 11.6. The lowest BCUT2D eigenvalue weighted by Gasteiger charge is -2.14. The maximum Gasteiger partial charge on any atom is 0.319 e. The van der Waals surface area contributed by atoms with E-state index in [1.165, 1.54) is 0 Å². The number of carbonyl (C=O) groups excluding carboxylic acids is 1. The second kappa shape index (κ2) is 4.14. The third kappa shape index (κ3) is 2.52. The Kier molecular flexibility index (Phi) is 2.83. The molecule has 0 unspecified atom stereocenters. The topological polar surface area (TPSA) is 61.4 Å². The number of aliphatic hydroxyl groups excluding tert-OH is 1. The van der Waals surface area contributed by atoms with Gasteiger partial charge in [0.1, 0.15) is 0 Å². The highest BCUT2D eigenvalue weighted by atomic mass is 16.3. The Morgan fingerprint density at radius 2 is 2.00 bits per heavy atom. The van der Waals surface area contributed by atoms with Crippen LogP contribution in [-0.4, -0.2) is 23.3 Å². The number of aryl methyl sites for hydroxylation is 1. The number of urea groups is 1. The number of anilines is 1. The normalized spacial score (nSPS) is 16.6. The highest BCUT2D eigenvalue weighted by molar-refractivity contribution is 5.90. The van der Waals surface area contributed by atoms with Crippen molar-refractivity contribution in [2.45, 2.75) is 25.3 Å². The quantitative estimate of drug-likeness (QED) is 0.725. The number of hydrogen-bond donors (Lipinski definition) is 3. The van der Waals surface area contributed by atoms with Crippen molar-refractivity contribution >= 4 is 11.7 Å². The smallest absolute Gasteiger partial charge is 0.319 e. The summed E-state index contributed by atoms with van der Waals surface area (Å²) in [5, 5.41) is 14.6. The monoisotopic (exact) mass is 220 g/mol. The number of aliphatic hydroxyl groups is 1. The Balaban J connectivity index is 1.90. The van der Waals surface area contributed by atoms with E-state index in [2.05, 4.69) is 10.6 Å². The molecule has 1 aromatic carbocycles. The lowest BCUT2D eigenvalue weighted by Crippen LogP contribution is -2.42. The molecule has 0 aliphatic heterocycles. The van der Waals surface area contributed by atoms with Crippen LogP contribution in [0.25, 0.3) is 0 Å². The van der Waals surface area contributed by atoms with E-state index in [1.54, 1.807) is 0 Å². The van der Waals surface area contributed by atoms with E-state index >= 15 is 0 Å². The molecule has 2 amide bonds. The molecule has 2 rings (SSSR count). The van der Waals surface area contributed by atoms with Gasteiger partial charge in [-0.1, -0.05) is 17.7 Å². The summed E-state index contributed by atoms with van der Waals surface area (Å²) in [6, 6.07) is 7.33. The highest BCUT2D eigenvalue weighted by Crippen LogP contribution is 2.34. The standard InChI is InChI=1S/C12H16N2O2/c1-9-2-4-10(5-3-9)13-11(16)14-12(8-15)6-7-12/h2-5,15H,6-8H2,1H3,(H2,13,14,16). The molecule has 1 fully saturated rings. The molecule has 0 saturated heterocycles. The minimum Gasteiger partial charge on any atom is -0.394 e. The van der Waals surface area contributed by atoms with Gasteiger partial charge in [0.25, 0.3) is 0 Å². The fourth-order valence-corrected chi connectivity index (χ4v) is 1.51. The minimum atomic E-state index is -0.366. The summed E-state index contributed by atoms with van der Waals surface area (Å²) < 4.78 is 0. The summed E-state index contributed by atoms with van der Waals surface area (Å²) in [4.78, 5) is 11.6. The summed E-state index contributed by atoms with van der Waals surface area (Å²) in [5.41, 5.74) is 1.55. The first kappa shape index (κ1) is 11.0. The van der Waals surface area contributed by atoms with E-state index in [4.69, 9.17) is 5.11 Å². The van der Waals surface area contributed by atoms with Gasteiger partial charge in [0.15, 0.2) is 0 Å². The Labute approximate surface area is 94.7 Å². The van der Waals surface area contributed by atoms with Crippen LogP contribution in [0, 0.1) is 6.92 Å². The number of hydrogen-bond acceptors (Lipinski definition) is 2. The van der Waals surface area contributed by atoms with Crippen molar-refractivity contribution in [3.8, 4) is 0 Å². The Morgan fingerprint density at radius 3 is 2.50 bits per heavy atom. The van der Waals surface area contributed by atoms with Gasteiger partial charge in [-0.3, -0.25) is 0 Å². The number of amides is 2. The van der Waals surface area contributed by atoms with E-state index in [0.29, 0.717) is 0 Å². The van der Waals surface area contributed by atoms with Gasteiger partial charge in [-0.15, -0.1) is 0 Å². The first-order valence-corrected chi connectivity index (χ1v) is 5.40. The van der Waals surface area contributed by atoms with E-state index in [9.17, 15) is 4.79 Å². The van der Waals surface area contributed by atoms with Crippen molar-refractivity contribution in [2.75, 3.05) is 11.9 Å². The van der Waals surface area contributed by atoms with Crippen molar-refractivity contribution in [2.24, 2.45) is 0 Å². The Morgan fingerprint density at radius 1 is 1.38 bits per heavy atom. The van der Waals surface area contributed by atoms with Crippen LogP contribution in [0.15, 0.2) is 24.3 Å². The zero-order valence-corrected chi connectivity index (χ0v) is 9.29. The molecular weight excluding hydrogens is 204 g/mol. The van der Waals surface area contributed by atoms with E-state index in [1.807, 2.05) is 31.2 Å². The fourth-order valence-electron chi connectivity index (χ4n) is 1.51. The van der Waals surface area contributed by atoms with Crippen LogP contribution in [0.5, 0.6) is 0 Å². The average Bonchev–Trinajstić information content (AvgIpc) is 3.02. The molecule has 0 atom stereocenters. The van der Waals surface area contributed by atoms with Gasteiger partial charge < -0.3 is 15.7 Å². The predicted molar refractivity (Wildman–Crippen MR) is 62.4 cm³/mol. The van der Waals surface area contributed by atoms with Gasteiger partial charge in [-0.05, 0) is 31.9 Å². The summed E-state index contributed by atoms with van der Waals surface area (Å²) in [6.45, 7) is 2.00. The van der Waals surface area contributed by atoms with Crippen molar-refractivity contribution in [1.82, 2.24) is 5.32 Å². The van der Waals surface area contributed by atoms with Crippen molar-refractivity contribution in [1.29, 1.82) is 0 Å². The van der Waals surface area contributed by atoms with Gasteiger partial charge in [-0.25, -0.2) is 4.79 Å². The molecule has 1 aliphatic carbocycles. The second-order valence-electron chi connectivity index (χ2n) is 4.38. The molecule has 1 aliphatic rings. The molecule has 0 radical (unpaired) electrons. The van der Waals surface area contributed by atoms with Crippen molar-refractivity contribution in [3.63, 3.8) is 0 Å². The zero-order chi connectivity index (χ0) is 11.6. The van der Waals surface area contributed by atoms with E-state index in [-0.39, 0.29) is 18.2 Å². The molecule has 16 heavy (non-hydrogen) atoms. The van der Waals surface area contributed by atoms with Crippen LogP contribution in [0.3, 0.4) is 0 Å². The van der Waals surface area contributed by atoms with Gasteiger partial charge in [0.05, 0.1) is 12.1 Å². The van der Waals surface area contributed by atoms with Gasteiger partial charge in [0, 0.05) is 5.69 Å². The molecule has 4 heteroatoms. The SMILES string of the molecule is Cc1ccc(NC(=O)NC2(CO)CC2)cc1. The molecule has 4 nitrogen and oxygen atoms in total. The first-order valence-electron chi connectivity index (χ1n) is 5.40. The number of carbonyl (C=O) groups is 1. The van der Waals surface area contributed by atoms with Crippen LogP contribution in [-0.2, 0) is 0 Å². The van der Waals surface area contributed by atoms with Gasteiger partial charge in [0.2, 0.25) is 0 Å². The molecule has 1 saturated carbocycles. The Hall–Kier alpha value is -1.55. The third-order valence-corrected chi connectivity index (χ3v) is 2.84. The second-order valence-corrected chi connectivity index (χ2v) is 4.38. The molecule has 0 aromatic heterocycles. The van der Waals surface area contributed by atoms with Gasteiger partial charge >= 0.3 is 6.03 Å². The lowest BCUT2D eigenvalue weighted by molar-refractivity contribution is 0.217. The number of benzene rings is 1. The van der Waals surface area contributed by atoms with E-state index < -0.39 is 0 Å². The molecule has 86 valence electrons. The summed E-state index contributed by atoms with van der Waals surface area (Å²) in [5.74, 6) is 0. The Bertz CT molecular complexity index is 383. The van der Waals surface area contributed by atoms with Crippen LogP contribution >= 0.6 is 0 Å². The first-order chi connectivity index (χ1) is 7.63. The molecule has 0 heterocycles. The van der Waals surface area contributed by atoms with E-state index in [0.717, 1.165) is 24.1 Å². The molecule has 1 aromatic rings. The highest BCUT2D eigenvalue weighted by Gasteiger charge is 2.43. The third-order valence-electron chi connectivity index (χ3n) is 2.84. The maximum absolute atomic E-state index is 11.6. The van der Waals surface area contributed by atoms with Crippen LogP contribution < -0.4 is 10.6 Å². The predicted octanol–water partition coefficient (Wildman–Crippen LogP) is 1.64. The van der Waals surface area contributed by atoms with Crippen LogP contribution in [0.2, 0.25) is 0 Å². The minimum absolute atomic E-state index is 0.00825. The summed E-state index contributed by atoms with van der Waals surface area (Å²) >= 11 is 0. The zero-order valence-electron chi connectivity index (χ0n) is 9.29. The molecule has 0 spiro atoms.